The maximum Gasteiger partial charge on any atom is 0.115 e. The monoisotopic (exact) mass is 219 g/mol. The molecule has 1 N–H and O–H groups in total. The third-order valence-corrected chi connectivity index (χ3v) is 3.99. The Bertz CT molecular complexity index is 334. The number of nitrogens with one attached hydrogen (secondary N) is 1. The van der Waals surface area contributed by atoms with Crippen molar-refractivity contribution in [1.29, 1.82) is 0 Å². The number of aromatic nitrogens is 2. The molecule has 16 heavy (non-hydrogen) atoms. The van der Waals surface area contributed by atoms with Crippen LogP contribution >= 0.6 is 0 Å². The summed E-state index contributed by atoms with van der Waals surface area (Å²) in [5.41, 5.74) is 1.63. The van der Waals surface area contributed by atoms with Gasteiger partial charge in [-0.3, -0.25) is 0 Å². The van der Waals surface area contributed by atoms with Crippen molar-refractivity contribution >= 4 is 0 Å². The highest BCUT2D eigenvalue weighted by atomic mass is 14.9. The predicted octanol–water partition coefficient (Wildman–Crippen LogP) is 2.56. The molecule has 0 saturated heterocycles. The van der Waals surface area contributed by atoms with Gasteiger partial charge in [0.15, 0.2) is 0 Å². The summed E-state index contributed by atoms with van der Waals surface area (Å²) in [7, 11) is 2.03. The summed E-state index contributed by atoms with van der Waals surface area (Å²) in [6.45, 7) is 4.75. The van der Waals surface area contributed by atoms with Gasteiger partial charge in [-0.25, -0.2) is 9.97 Å². The van der Waals surface area contributed by atoms with Gasteiger partial charge in [0.05, 0.1) is 0 Å². The Labute approximate surface area is 97.7 Å². The minimum absolute atomic E-state index is 0.388. The first-order valence-corrected chi connectivity index (χ1v) is 6.07. The molecule has 2 rings (SSSR count). The molecule has 1 aromatic heterocycles. The molecule has 1 fully saturated rings. The lowest BCUT2D eigenvalue weighted by Crippen LogP contribution is -2.32. The highest BCUT2D eigenvalue weighted by molar-refractivity contribution is 5.13. The van der Waals surface area contributed by atoms with E-state index in [4.69, 9.17) is 0 Å². The molecule has 0 aliphatic heterocycles. The number of hydrogen-bond acceptors (Lipinski definition) is 3. The topological polar surface area (TPSA) is 37.8 Å². The average Bonchev–Trinajstić information content (AvgIpc) is 2.62. The molecule has 1 aliphatic rings. The third-order valence-electron chi connectivity index (χ3n) is 3.99. The van der Waals surface area contributed by atoms with Crippen molar-refractivity contribution in [1.82, 2.24) is 15.3 Å². The van der Waals surface area contributed by atoms with Gasteiger partial charge >= 0.3 is 0 Å². The minimum Gasteiger partial charge on any atom is -0.313 e. The minimum atomic E-state index is 0.388. The van der Waals surface area contributed by atoms with Crippen LogP contribution in [0, 0.1) is 11.3 Å². The van der Waals surface area contributed by atoms with Crippen molar-refractivity contribution in [2.24, 2.45) is 11.3 Å². The lowest BCUT2D eigenvalue weighted by molar-refractivity contribution is 0.203. The highest BCUT2D eigenvalue weighted by Crippen LogP contribution is 2.48. The Balaban J connectivity index is 2.23. The second-order valence-corrected chi connectivity index (χ2v) is 5.43. The molecule has 3 nitrogen and oxygen atoms in total. The summed E-state index contributed by atoms with van der Waals surface area (Å²) < 4.78 is 0. The van der Waals surface area contributed by atoms with E-state index in [9.17, 15) is 0 Å². The van der Waals surface area contributed by atoms with Gasteiger partial charge in [0, 0.05) is 24.0 Å². The molecule has 1 aromatic rings. The first-order chi connectivity index (χ1) is 7.65. The molecule has 0 spiro atoms. The van der Waals surface area contributed by atoms with Gasteiger partial charge in [-0.15, -0.1) is 0 Å². The van der Waals surface area contributed by atoms with E-state index in [1.807, 2.05) is 19.4 Å². The molecule has 88 valence electrons. The van der Waals surface area contributed by atoms with Crippen molar-refractivity contribution in [3.8, 4) is 0 Å². The largest absolute Gasteiger partial charge is 0.313 e. The van der Waals surface area contributed by atoms with Crippen molar-refractivity contribution in [3.63, 3.8) is 0 Å². The van der Waals surface area contributed by atoms with Crippen molar-refractivity contribution < 1.29 is 0 Å². The SMILES string of the molecule is CNC(c1cncnc1)C1CCCC1(C)C. The maximum atomic E-state index is 4.12. The molecule has 1 saturated carbocycles. The van der Waals surface area contributed by atoms with Gasteiger partial charge in [-0.2, -0.15) is 0 Å². The zero-order valence-corrected chi connectivity index (χ0v) is 10.4. The molecule has 2 unspecified atom stereocenters. The van der Waals surface area contributed by atoms with Gasteiger partial charge in [0.25, 0.3) is 0 Å². The van der Waals surface area contributed by atoms with Crippen LogP contribution in [0.2, 0.25) is 0 Å². The van der Waals surface area contributed by atoms with E-state index in [1.165, 1.54) is 24.8 Å². The molecular weight excluding hydrogens is 198 g/mol. The van der Waals surface area contributed by atoms with Gasteiger partial charge in [-0.05, 0) is 31.2 Å². The van der Waals surface area contributed by atoms with Gasteiger partial charge < -0.3 is 5.32 Å². The quantitative estimate of drug-likeness (QED) is 0.849. The van der Waals surface area contributed by atoms with E-state index in [0.29, 0.717) is 17.4 Å². The maximum absolute atomic E-state index is 4.12. The van der Waals surface area contributed by atoms with Crippen LogP contribution in [0.25, 0.3) is 0 Å². The number of hydrogen-bond donors (Lipinski definition) is 1. The van der Waals surface area contributed by atoms with E-state index < -0.39 is 0 Å². The van der Waals surface area contributed by atoms with Gasteiger partial charge in [0.2, 0.25) is 0 Å². The summed E-state index contributed by atoms with van der Waals surface area (Å²) in [6.07, 6.45) is 9.42. The molecule has 1 aliphatic carbocycles. The molecule has 3 heteroatoms. The van der Waals surface area contributed by atoms with Crippen LogP contribution in [0.4, 0.5) is 0 Å². The van der Waals surface area contributed by atoms with E-state index >= 15 is 0 Å². The summed E-state index contributed by atoms with van der Waals surface area (Å²) in [4.78, 5) is 8.24. The third kappa shape index (κ3) is 2.09. The van der Waals surface area contributed by atoms with E-state index in [1.54, 1.807) is 6.33 Å². The average molecular weight is 219 g/mol. The van der Waals surface area contributed by atoms with E-state index in [2.05, 4.69) is 29.1 Å². The fourth-order valence-electron chi connectivity index (χ4n) is 3.04. The van der Waals surface area contributed by atoms with Crippen LogP contribution in [0.1, 0.15) is 44.7 Å². The molecular formula is C13H21N3. The zero-order valence-electron chi connectivity index (χ0n) is 10.4. The van der Waals surface area contributed by atoms with Crippen LogP contribution in [-0.2, 0) is 0 Å². The molecule has 0 bridgehead atoms. The van der Waals surface area contributed by atoms with Crippen molar-refractivity contribution in [2.45, 2.75) is 39.2 Å². The predicted molar refractivity (Wildman–Crippen MR) is 65.0 cm³/mol. The number of rotatable bonds is 3. The Morgan fingerprint density at radius 2 is 2.06 bits per heavy atom. The molecule has 1 heterocycles. The Morgan fingerprint density at radius 1 is 1.38 bits per heavy atom. The second kappa shape index (κ2) is 4.50. The van der Waals surface area contributed by atoms with Crippen molar-refractivity contribution in [3.05, 3.63) is 24.3 Å². The lowest BCUT2D eigenvalue weighted by Gasteiger charge is -2.34. The van der Waals surface area contributed by atoms with Crippen molar-refractivity contribution in [2.75, 3.05) is 7.05 Å². The number of nitrogens with zero attached hydrogens (tertiary/aromatic N) is 2. The van der Waals surface area contributed by atoms with Crippen LogP contribution in [0.5, 0.6) is 0 Å². The normalized spacial score (nSPS) is 25.6. The first-order valence-electron chi connectivity index (χ1n) is 6.07. The standard InChI is InChI=1S/C13H21N3/c1-13(2)6-4-5-11(13)12(14-3)10-7-15-9-16-8-10/h7-9,11-12,14H,4-6H2,1-3H3. The molecule has 2 atom stereocenters. The fourth-order valence-corrected chi connectivity index (χ4v) is 3.04. The summed E-state index contributed by atoms with van der Waals surface area (Å²) in [6, 6.07) is 0.388. The molecule has 0 aromatic carbocycles. The smallest absolute Gasteiger partial charge is 0.115 e. The summed E-state index contributed by atoms with van der Waals surface area (Å²) in [5.74, 6) is 0.684. The molecule has 0 radical (unpaired) electrons. The van der Waals surface area contributed by atoms with Crippen LogP contribution in [-0.4, -0.2) is 17.0 Å². The first kappa shape index (κ1) is 11.5. The summed E-state index contributed by atoms with van der Waals surface area (Å²) >= 11 is 0. The van der Waals surface area contributed by atoms with Crippen LogP contribution in [0.15, 0.2) is 18.7 Å². The Hall–Kier alpha value is -0.960. The second-order valence-electron chi connectivity index (χ2n) is 5.43. The molecule has 0 amide bonds. The van der Waals surface area contributed by atoms with Crippen LogP contribution in [0.3, 0.4) is 0 Å². The zero-order chi connectivity index (χ0) is 11.6. The summed E-state index contributed by atoms with van der Waals surface area (Å²) in [5, 5.41) is 3.44. The Morgan fingerprint density at radius 3 is 2.56 bits per heavy atom. The van der Waals surface area contributed by atoms with Crippen LogP contribution < -0.4 is 5.32 Å². The van der Waals surface area contributed by atoms with E-state index in [0.717, 1.165) is 0 Å². The highest BCUT2D eigenvalue weighted by Gasteiger charge is 2.39. The van der Waals surface area contributed by atoms with Gasteiger partial charge in [0.1, 0.15) is 6.33 Å². The van der Waals surface area contributed by atoms with E-state index in [-0.39, 0.29) is 0 Å². The Kier molecular flexibility index (Phi) is 3.24. The fraction of sp³-hybridized carbons (Fsp3) is 0.692. The van der Waals surface area contributed by atoms with Gasteiger partial charge in [-0.1, -0.05) is 20.3 Å². The lowest BCUT2D eigenvalue weighted by atomic mass is 9.76.